The van der Waals surface area contributed by atoms with Crippen molar-refractivity contribution in [2.75, 3.05) is 13.1 Å². The van der Waals surface area contributed by atoms with E-state index in [0.29, 0.717) is 11.4 Å². The lowest BCUT2D eigenvalue weighted by Gasteiger charge is -2.26. The van der Waals surface area contributed by atoms with Crippen LogP contribution >= 0.6 is 0 Å². The van der Waals surface area contributed by atoms with Crippen LogP contribution in [-0.4, -0.2) is 33.9 Å². The van der Waals surface area contributed by atoms with Gasteiger partial charge >= 0.3 is 0 Å². The minimum atomic E-state index is 0.00431. The molecule has 4 heteroatoms. The summed E-state index contributed by atoms with van der Waals surface area (Å²) in [6.45, 7) is 5.48. The number of hydrogen-bond acceptors (Lipinski definition) is 2. The average Bonchev–Trinajstić information content (AvgIpc) is 2.82. The summed E-state index contributed by atoms with van der Waals surface area (Å²) in [6.07, 6.45) is 6.74. The fourth-order valence-electron chi connectivity index (χ4n) is 1.82. The highest BCUT2D eigenvalue weighted by Gasteiger charge is 2.20. The number of amides is 1. The summed E-state index contributed by atoms with van der Waals surface area (Å²) in [6, 6.07) is 0. The number of likely N-dealkylation sites (tertiary alicyclic amines) is 1. The van der Waals surface area contributed by atoms with Crippen molar-refractivity contribution in [2.24, 2.45) is 0 Å². The van der Waals surface area contributed by atoms with E-state index in [2.05, 4.69) is 16.5 Å². The molecule has 1 saturated heterocycles. The Kier molecular flexibility index (Phi) is 2.85. The van der Waals surface area contributed by atoms with Gasteiger partial charge in [-0.2, -0.15) is 0 Å². The summed E-state index contributed by atoms with van der Waals surface area (Å²) in [5.41, 5.74) is 0.460. The van der Waals surface area contributed by atoms with Crippen LogP contribution in [0.4, 0.5) is 0 Å². The van der Waals surface area contributed by atoms with Crippen LogP contribution in [-0.2, 0) is 4.79 Å². The number of nitrogens with one attached hydrogen (secondary N) is 1. The SMILES string of the molecule is C=C(C(=O)N1CCCCC1)c1ncc[nH]1. The second kappa shape index (κ2) is 4.29. The Morgan fingerprint density at radius 2 is 2.13 bits per heavy atom. The van der Waals surface area contributed by atoms with Gasteiger partial charge in [-0.25, -0.2) is 4.98 Å². The third-order valence-corrected chi connectivity index (χ3v) is 2.69. The van der Waals surface area contributed by atoms with Crippen LogP contribution in [0.3, 0.4) is 0 Å². The first-order valence-corrected chi connectivity index (χ1v) is 5.27. The maximum Gasteiger partial charge on any atom is 0.257 e. The topological polar surface area (TPSA) is 49.0 Å². The number of piperidine rings is 1. The molecule has 2 rings (SSSR count). The van der Waals surface area contributed by atoms with E-state index >= 15 is 0 Å². The molecule has 1 amide bonds. The van der Waals surface area contributed by atoms with Crippen molar-refractivity contribution in [1.82, 2.24) is 14.9 Å². The van der Waals surface area contributed by atoms with Crippen molar-refractivity contribution in [1.29, 1.82) is 0 Å². The van der Waals surface area contributed by atoms with E-state index in [1.807, 2.05) is 4.90 Å². The first kappa shape index (κ1) is 9.96. The summed E-state index contributed by atoms with van der Waals surface area (Å²) >= 11 is 0. The van der Waals surface area contributed by atoms with E-state index in [1.165, 1.54) is 6.42 Å². The Labute approximate surface area is 89.0 Å². The van der Waals surface area contributed by atoms with Crippen LogP contribution in [0.15, 0.2) is 19.0 Å². The van der Waals surface area contributed by atoms with Crippen molar-refractivity contribution in [2.45, 2.75) is 19.3 Å². The molecule has 4 nitrogen and oxygen atoms in total. The van der Waals surface area contributed by atoms with Crippen LogP contribution < -0.4 is 0 Å². The van der Waals surface area contributed by atoms with Crippen molar-refractivity contribution in [3.05, 3.63) is 24.8 Å². The molecule has 1 fully saturated rings. The Hall–Kier alpha value is -1.58. The van der Waals surface area contributed by atoms with Gasteiger partial charge < -0.3 is 9.88 Å². The van der Waals surface area contributed by atoms with Gasteiger partial charge in [-0.1, -0.05) is 6.58 Å². The fourth-order valence-corrected chi connectivity index (χ4v) is 1.82. The number of carbonyl (C=O) groups excluding carboxylic acids is 1. The molecule has 0 unspecified atom stereocenters. The number of rotatable bonds is 2. The molecular weight excluding hydrogens is 190 g/mol. The third-order valence-electron chi connectivity index (χ3n) is 2.69. The molecule has 0 bridgehead atoms. The van der Waals surface area contributed by atoms with Gasteiger partial charge in [0.15, 0.2) is 0 Å². The van der Waals surface area contributed by atoms with E-state index in [9.17, 15) is 4.79 Å². The molecule has 1 aromatic heterocycles. The molecule has 0 spiro atoms. The monoisotopic (exact) mass is 205 g/mol. The molecule has 2 heterocycles. The molecule has 0 aliphatic carbocycles. The fraction of sp³-hybridized carbons (Fsp3) is 0.455. The first-order chi connectivity index (χ1) is 7.29. The second-order valence-electron chi connectivity index (χ2n) is 3.77. The van der Waals surface area contributed by atoms with E-state index in [-0.39, 0.29) is 5.91 Å². The highest BCUT2D eigenvalue weighted by Crippen LogP contribution is 2.15. The standard InChI is InChI=1S/C11H15N3O/c1-9(10-12-5-6-13-10)11(15)14-7-3-2-4-8-14/h5-6H,1-4,7-8H2,(H,12,13). The zero-order valence-corrected chi connectivity index (χ0v) is 8.70. The van der Waals surface area contributed by atoms with Crippen LogP contribution in [0.2, 0.25) is 0 Å². The summed E-state index contributed by atoms with van der Waals surface area (Å²) in [5.74, 6) is 0.579. The summed E-state index contributed by atoms with van der Waals surface area (Å²) in [7, 11) is 0. The number of H-pyrrole nitrogens is 1. The number of nitrogens with zero attached hydrogens (tertiary/aromatic N) is 2. The molecule has 1 N–H and O–H groups in total. The van der Waals surface area contributed by atoms with E-state index in [4.69, 9.17) is 0 Å². The molecule has 0 saturated carbocycles. The maximum atomic E-state index is 12.0. The summed E-state index contributed by atoms with van der Waals surface area (Å²) < 4.78 is 0. The zero-order valence-electron chi connectivity index (χ0n) is 8.70. The Morgan fingerprint density at radius 1 is 1.40 bits per heavy atom. The number of hydrogen-bond donors (Lipinski definition) is 1. The second-order valence-corrected chi connectivity index (χ2v) is 3.77. The molecule has 1 aromatic rings. The van der Waals surface area contributed by atoms with Gasteiger partial charge in [0.1, 0.15) is 5.82 Å². The van der Waals surface area contributed by atoms with E-state index in [1.54, 1.807) is 12.4 Å². The van der Waals surface area contributed by atoms with Gasteiger partial charge in [0, 0.05) is 25.5 Å². The quantitative estimate of drug-likeness (QED) is 0.742. The minimum Gasteiger partial charge on any atom is -0.344 e. The van der Waals surface area contributed by atoms with Crippen LogP contribution in [0.1, 0.15) is 25.1 Å². The Balaban J connectivity index is 2.04. The molecule has 80 valence electrons. The highest BCUT2D eigenvalue weighted by atomic mass is 16.2. The highest BCUT2D eigenvalue weighted by molar-refractivity contribution is 6.17. The number of imidazole rings is 1. The molecule has 1 aliphatic heterocycles. The van der Waals surface area contributed by atoms with Crippen molar-refractivity contribution in [3.8, 4) is 0 Å². The molecule has 0 aromatic carbocycles. The largest absolute Gasteiger partial charge is 0.344 e. The average molecular weight is 205 g/mol. The summed E-state index contributed by atoms with van der Waals surface area (Å²) in [4.78, 5) is 20.7. The van der Waals surface area contributed by atoms with Gasteiger partial charge in [0.2, 0.25) is 0 Å². The lowest BCUT2D eigenvalue weighted by atomic mass is 10.1. The van der Waals surface area contributed by atoms with Gasteiger partial charge in [-0.15, -0.1) is 0 Å². The zero-order chi connectivity index (χ0) is 10.7. The molecule has 1 aliphatic rings. The minimum absolute atomic E-state index is 0.00431. The molecule has 0 radical (unpaired) electrons. The van der Waals surface area contributed by atoms with Crippen LogP contribution in [0, 0.1) is 0 Å². The predicted octanol–water partition coefficient (Wildman–Crippen LogP) is 1.44. The van der Waals surface area contributed by atoms with Gasteiger partial charge in [0.25, 0.3) is 5.91 Å². The molecular formula is C11H15N3O. The van der Waals surface area contributed by atoms with E-state index < -0.39 is 0 Å². The van der Waals surface area contributed by atoms with Gasteiger partial charge in [-0.3, -0.25) is 4.79 Å². The lowest BCUT2D eigenvalue weighted by Crippen LogP contribution is -2.36. The molecule has 15 heavy (non-hydrogen) atoms. The maximum absolute atomic E-state index is 12.0. The lowest BCUT2D eigenvalue weighted by molar-refractivity contribution is -0.125. The Bertz CT molecular complexity index is 350. The predicted molar refractivity (Wildman–Crippen MR) is 58.1 cm³/mol. The molecule has 0 atom stereocenters. The summed E-state index contributed by atoms with van der Waals surface area (Å²) in [5, 5.41) is 0. The third kappa shape index (κ3) is 2.09. The van der Waals surface area contributed by atoms with Crippen LogP contribution in [0.5, 0.6) is 0 Å². The normalized spacial score (nSPS) is 16.4. The van der Waals surface area contributed by atoms with Crippen molar-refractivity contribution < 1.29 is 4.79 Å². The van der Waals surface area contributed by atoms with Gasteiger partial charge in [-0.05, 0) is 19.3 Å². The van der Waals surface area contributed by atoms with Gasteiger partial charge in [0.05, 0.1) is 5.57 Å². The van der Waals surface area contributed by atoms with Crippen molar-refractivity contribution in [3.63, 3.8) is 0 Å². The van der Waals surface area contributed by atoms with Crippen molar-refractivity contribution >= 4 is 11.5 Å². The van der Waals surface area contributed by atoms with Crippen LogP contribution in [0.25, 0.3) is 5.57 Å². The Morgan fingerprint density at radius 3 is 2.73 bits per heavy atom. The number of aromatic amines is 1. The first-order valence-electron chi connectivity index (χ1n) is 5.27. The number of carbonyl (C=O) groups is 1. The number of aromatic nitrogens is 2. The van der Waals surface area contributed by atoms with E-state index in [0.717, 1.165) is 25.9 Å². The smallest absolute Gasteiger partial charge is 0.257 e.